The molecule has 23 heavy (non-hydrogen) atoms. The van der Waals surface area contributed by atoms with Crippen LogP contribution >= 0.6 is 31.9 Å². The largest absolute Gasteiger partial charge is 0.465 e. The molecule has 1 heterocycles. The van der Waals surface area contributed by atoms with E-state index < -0.39 is 11.8 Å². The summed E-state index contributed by atoms with van der Waals surface area (Å²) in [5.41, 5.74) is 1.31. The number of hydrogen-bond acceptors (Lipinski definition) is 3. The van der Waals surface area contributed by atoms with Crippen molar-refractivity contribution >= 4 is 48.6 Å². The third kappa shape index (κ3) is 2.81. The molecule has 118 valence electrons. The van der Waals surface area contributed by atoms with E-state index in [4.69, 9.17) is 9.15 Å². The summed E-state index contributed by atoms with van der Waals surface area (Å²) in [6.07, 6.45) is 0. The van der Waals surface area contributed by atoms with Gasteiger partial charge in [0.15, 0.2) is 4.67 Å². The monoisotopic (exact) mass is 440 g/mol. The van der Waals surface area contributed by atoms with Gasteiger partial charge in [-0.2, -0.15) is 0 Å². The summed E-state index contributed by atoms with van der Waals surface area (Å²) in [5, 5.41) is 2.36. The van der Waals surface area contributed by atoms with Gasteiger partial charge in [-0.15, -0.1) is 0 Å². The molecule has 0 spiro atoms. The quantitative estimate of drug-likeness (QED) is 0.387. The van der Waals surface area contributed by atoms with E-state index in [1.807, 2.05) is 18.2 Å². The van der Waals surface area contributed by atoms with Crippen molar-refractivity contribution in [1.82, 2.24) is 0 Å². The fourth-order valence-electron chi connectivity index (χ4n) is 2.46. The van der Waals surface area contributed by atoms with E-state index in [1.54, 1.807) is 6.07 Å². The van der Waals surface area contributed by atoms with E-state index >= 15 is 0 Å². The zero-order chi connectivity index (χ0) is 16.6. The van der Waals surface area contributed by atoms with Gasteiger partial charge >= 0.3 is 5.97 Å². The Hall–Kier alpha value is -1.66. The highest BCUT2D eigenvalue weighted by atomic mass is 79.9. The lowest BCUT2D eigenvalue weighted by Gasteiger charge is -2.07. The maximum Gasteiger partial charge on any atom is 0.341 e. The number of carbonyl (C=O) groups excluding carboxylic acids is 1. The molecule has 0 atom stereocenters. The highest BCUT2D eigenvalue weighted by molar-refractivity contribution is 9.10. The molecule has 0 fully saturated rings. The first kappa shape index (κ1) is 16.2. The fourth-order valence-corrected chi connectivity index (χ4v) is 3.30. The van der Waals surface area contributed by atoms with Crippen molar-refractivity contribution in [3.8, 4) is 11.3 Å². The molecule has 0 aliphatic heterocycles. The van der Waals surface area contributed by atoms with Gasteiger partial charge in [0.2, 0.25) is 0 Å². The van der Waals surface area contributed by atoms with Gasteiger partial charge in [0, 0.05) is 21.7 Å². The number of halogens is 3. The van der Waals surface area contributed by atoms with Crippen molar-refractivity contribution in [3.05, 3.63) is 58.0 Å². The Morgan fingerprint density at radius 3 is 2.74 bits per heavy atom. The molecule has 0 bridgehead atoms. The number of carbonyl (C=O) groups is 1. The number of esters is 1. The summed E-state index contributed by atoms with van der Waals surface area (Å²) < 4.78 is 25.1. The van der Waals surface area contributed by atoms with Gasteiger partial charge in [0.1, 0.15) is 17.1 Å². The van der Waals surface area contributed by atoms with Gasteiger partial charge in [0.05, 0.1) is 7.11 Å². The smallest absolute Gasteiger partial charge is 0.341 e. The van der Waals surface area contributed by atoms with Gasteiger partial charge in [0.25, 0.3) is 0 Å². The Morgan fingerprint density at radius 1 is 1.26 bits per heavy atom. The lowest BCUT2D eigenvalue weighted by molar-refractivity contribution is 0.0596. The van der Waals surface area contributed by atoms with Crippen LogP contribution in [0.2, 0.25) is 0 Å². The first-order chi connectivity index (χ1) is 11.1. The summed E-state index contributed by atoms with van der Waals surface area (Å²) in [6, 6.07) is 10.2. The van der Waals surface area contributed by atoms with E-state index in [9.17, 15) is 9.18 Å². The normalized spacial score (nSPS) is 11.0. The maximum atomic E-state index is 14.1. The van der Waals surface area contributed by atoms with E-state index in [0.717, 1.165) is 16.3 Å². The molecule has 0 aliphatic carbocycles. The van der Waals surface area contributed by atoms with Gasteiger partial charge < -0.3 is 9.15 Å². The standard InChI is InChI=1S/C17H11Br2FO3/c1-22-17(21)14-11(3-2-4-13(14)20)15-10-6-5-9(8-18)7-12(10)16(19)23-15/h2-7H,8H2,1H3. The zero-order valence-corrected chi connectivity index (χ0v) is 15.2. The Labute approximate surface area is 148 Å². The number of benzene rings is 2. The lowest BCUT2D eigenvalue weighted by Crippen LogP contribution is -2.06. The number of hydrogen-bond donors (Lipinski definition) is 0. The summed E-state index contributed by atoms with van der Waals surface area (Å²) >= 11 is 6.80. The second-order valence-corrected chi connectivity index (χ2v) is 6.15. The molecule has 3 nitrogen and oxygen atoms in total. The average Bonchev–Trinajstić information content (AvgIpc) is 2.90. The Balaban J connectivity index is 2.30. The lowest BCUT2D eigenvalue weighted by atomic mass is 10.0. The molecule has 0 unspecified atom stereocenters. The van der Waals surface area contributed by atoms with Crippen LogP contribution in [0.5, 0.6) is 0 Å². The third-order valence-corrected chi connectivity index (χ3v) is 4.77. The molecule has 0 aliphatic rings. The average molecular weight is 442 g/mol. The van der Waals surface area contributed by atoms with Crippen LogP contribution in [0.1, 0.15) is 15.9 Å². The van der Waals surface area contributed by atoms with E-state index in [-0.39, 0.29) is 5.56 Å². The highest BCUT2D eigenvalue weighted by Crippen LogP contribution is 2.39. The van der Waals surface area contributed by atoms with Crippen LogP contribution in [0, 0.1) is 5.82 Å². The van der Waals surface area contributed by atoms with Gasteiger partial charge in [-0.3, -0.25) is 0 Å². The number of ether oxygens (including phenoxy) is 1. The summed E-state index contributed by atoms with van der Waals surface area (Å²) in [6.45, 7) is 0. The molecule has 0 radical (unpaired) electrons. The molecule has 3 rings (SSSR count). The molecule has 0 N–H and O–H groups in total. The van der Waals surface area contributed by atoms with Crippen molar-refractivity contribution in [1.29, 1.82) is 0 Å². The minimum absolute atomic E-state index is 0.136. The van der Waals surface area contributed by atoms with Crippen molar-refractivity contribution in [2.45, 2.75) is 5.33 Å². The predicted molar refractivity (Wildman–Crippen MR) is 93.3 cm³/mol. The van der Waals surface area contributed by atoms with E-state index in [2.05, 4.69) is 31.9 Å². The van der Waals surface area contributed by atoms with Crippen LogP contribution in [0.3, 0.4) is 0 Å². The summed E-state index contributed by atoms with van der Waals surface area (Å²) in [7, 11) is 1.22. The van der Waals surface area contributed by atoms with E-state index in [1.165, 1.54) is 19.2 Å². The second kappa shape index (κ2) is 6.45. The van der Waals surface area contributed by atoms with Crippen LogP contribution < -0.4 is 0 Å². The Morgan fingerprint density at radius 2 is 2.04 bits per heavy atom. The molecule has 0 saturated heterocycles. The number of methoxy groups -OCH3 is 1. The van der Waals surface area contributed by atoms with Gasteiger partial charge in [-0.1, -0.05) is 40.2 Å². The topological polar surface area (TPSA) is 39.4 Å². The molecule has 0 amide bonds. The number of fused-ring (bicyclic) bond motifs is 1. The fraction of sp³-hybridized carbons (Fsp3) is 0.118. The van der Waals surface area contributed by atoms with Crippen molar-refractivity contribution < 1.29 is 18.3 Å². The first-order valence-corrected chi connectivity index (χ1v) is 8.62. The van der Waals surface area contributed by atoms with Crippen LogP contribution in [0.4, 0.5) is 4.39 Å². The van der Waals surface area contributed by atoms with Crippen molar-refractivity contribution in [3.63, 3.8) is 0 Å². The van der Waals surface area contributed by atoms with Crippen LogP contribution in [0.15, 0.2) is 45.5 Å². The Kier molecular flexibility index (Phi) is 4.55. The number of furan rings is 1. The number of rotatable bonds is 3. The minimum Gasteiger partial charge on any atom is -0.465 e. The first-order valence-electron chi connectivity index (χ1n) is 6.71. The predicted octanol–water partition coefficient (Wildman–Crippen LogP) is 5.68. The Bertz CT molecular complexity index is 902. The molecule has 1 aromatic heterocycles. The molecule has 3 aromatic rings. The van der Waals surface area contributed by atoms with Crippen LogP contribution in [-0.4, -0.2) is 13.1 Å². The molecule has 0 saturated carbocycles. The molecular weight excluding hydrogens is 431 g/mol. The third-order valence-electron chi connectivity index (χ3n) is 3.53. The molecule has 6 heteroatoms. The SMILES string of the molecule is COC(=O)c1c(F)cccc1-c1oc(Br)c2cc(CBr)ccc12. The van der Waals surface area contributed by atoms with Crippen LogP contribution in [0.25, 0.3) is 22.1 Å². The molecule has 2 aromatic carbocycles. The summed E-state index contributed by atoms with van der Waals surface area (Å²) in [5.74, 6) is -0.962. The number of alkyl halides is 1. The molecular formula is C17H11Br2FO3. The highest BCUT2D eigenvalue weighted by Gasteiger charge is 2.23. The van der Waals surface area contributed by atoms with Gasteiger partial charge in [-0.05, 0) is 33.6 Å². The maximum absolute atomic E-state index is 14.1. The van der Waals surface area contributed by atoms with Crippen LogP contribution in [-0.2, 0) is 10.1 Å². The van der Waals surface area contributed by atoms with Crippen molar-refractivity contribution in [2.75, 3.05) is 7.11 Å². The summed E-state index contributed by atoms with van der Waals surface area (Å²) in [4.78, 5) is 11.9. The van der Waals surface area contributed by atoms with E-state index in [0.29, 0.717) is 21.3 Å². The second-order valence-electron chi connectivity index (χ2n) is 4.87. The van der Waals surface area contributed by atoms with Crippen molar-refractivity contribution in [2.24, 2.45) is 0 Å². The zero-order valence-electron chi connectivity index (χ0n) is 12.0. The minimum atomic E-state index is -0.740. The van der Waals surface area contributed by atoms with Gasteiger partial charge in [-0.25, -0.2) is 9.18 Å².